The Balaban J connectivity index is 1.58. The second-order valence-electron chi connectivity index (χ2n) is 6.19. The number of benzene rings is 1. The number of nitrogens with one attached hydrogen (secondary N) is 1. The van der Waals surface area contributed by atoms with Crippen LogP contribution in [0.25, 0.3) is 0 Å². The van der Waals surface area contributed by atoms with Crippen molar-refractivity contribution >= 4 is 45.0 Å². The molecule has 0 atom stereocenters. The molecule has 1 fully saturated rings. The first kappa shape index (κ1) is 20.1. The summed E-state index contributed by atoms with van der Waals surface area (Å²) >= 11 is 7.29. The van der Waals surface area contributed by atoms with Crippen molar-refractivity contribution in [1.29, 1.82) is 0 Å². The molecule has 0 saturated carbocycles. The van der Waals surface area contributed by atoms with Gasteiger partial charge in [0, 0.05) is 30.0 Å². The number of nitrogens with zero attached hydrogens (tertiary/aromatic N) is 2. The van der Waals surface area contributed by atoms with Crippen LogP contribution in [-0.2, 0) is 14.8 Å². The molecule has 9 heteroatoms. The van der Waals surface area contributed by atoms with Crippen LogP contribution in [0, 0.1) is 6.92 Å². The van der Waals surface area contributed by atoms with Crippen LogP contribution in [0.15, 0.2) is 46.5 Å². The van der Waals surface area contributed by atoms with E-state index in [-0.39, 0.29) is 16.6 Å². The Morgan fingerprint density at radius 3 is 2.67 bits per heavy atom. The van der Waals surface area contributed by atoms with Crippen molar-refractivity contribution in [3.8, 4) is 0 Å². The largest absolute Gasteiger partial charge is 0.325 e. The molecule has 1 aliphatic rings. The molecule has 0 bridgehead atoms. The van der Waals surface area contributed by atoms with Crippen LogP contribution in [0.5, 0.6) is 0 Å². The van der Waals surface area contributed by atoms with Crippen LogP contribution in [-0.4, -0.2) is 42.5 Å². The fraction of sp³-hybridized carbons (Fsp3) is 0.333. The lowest BCUT2D eigenvalue weighted by Crippen LogP contribution is -2.27. The van der Waals surface area contributed by atoms with E-state index < -0.39 is 10.0 Å². The van der Waals surface area contributed by atoms with Gasteiger partial charge in [-0.15, -0.1) is 0 Å². The summed E-state index contributed by atoms with van der Waals surface area (Å²) in [5.74, 6) is -0.0158. The van der Waals surface area contributed by atoms with Crippen molar-refractivity contribution in [3.63, 3.8) is 0 Å². The predicted molar refractivity (Wildman–Crippen MR) is 108 cm³/mol. The molecule has 1 aliphatic heterocycles. The Bertz CT molecular complexity index is 927. The molecule has 2 heterocycles. The average molecular weight is 426 g/mol. The number of sulfonamides is 1. The van der Waals surface area contributed by atoms with E-state index in [4.69, 9.17) is 11.6 Å². The summed E-state index contributed by atoms with van der Waals surface area (Å²) in [5, 5.41) is 4.00. The predicted octanol–water partition coefficient (Wildman–Crippen LogP) is 3.56. The van der Waals surface area contributed by atoms with Gasteiger partial charge in [-0.3, -0.25) is 4.79 Å². The van der Waals surface area contributed by atoms with Gasteiger partial charge in [0.1, 0.15) is 4.90 Å². The van der Waals surface area contributed by atoms with Gasteiger partial charge in [0.25, 0.3) is 0 Å². The summed E-state index contributed by atoms with van der Waals surface area (Å²) in [4.78, 5) is 16.5. The van der Waals surface area contributed by atoms with Crippen LogP contribution in [0.3, 0.4) is 0 Å². The van der Waals surface area contributed by atoms with E-state index in [0.717, 1.165) is 18.4 Å². The van der Waals surface area contributed by atoms with Gasteiger partial charge in [0.15, 0.2) is 0 Å². The quantitative estimate of drug-likeness (QED) is 0.716. The number of pyridine rings is 1. The van der Waals surface area contributed by atoms with Crippen LogP contribution in [0.2, 0.25) is 5.02 Å². The zero-order chi connectivity index (χ0) is 19.4. The number of rotatable bonds is 6. The highest BCUT2D eigenvalue weighted by Gasteiger charge is 2.27. The number of hydrogen-bond acceptors (Lipinski definition) is 5. The van der Waals surface area contributed by atoms with Crippen molar-refractivity contribution < 1.29 is 13.2 Å². The molecule has 27 heavy (non-hydrogen) atoms. The minimum absolute atomic E-state index is 0.164. The monoisotopic (exact) mass is 425 g/mol. The molecule has 6 nitrogen and oxygen atoms in total. The van der Waals surface area contributed by atoms with Crippen molar-refractivity contribution in [3.05, 3.63) is 47.1 Å². The molecule has 2 aromatic rings. The second kappa shape index (κ2) is 8.60. The Morgan fingerprint density at radius 1 is 1.26 bits per heavy atom. The number of halogens is 1. The van der Waals surface area contributed by atoms with Crippen molar-refractivity contribution in [2.24, 2.45) is 0 Å². The molecule has 1 saturated heterocycles. The van der Waals surface area contributed by atoms with Gasteiger partial charge >= 0.3 is 0 Å². The molecule has 0 radical (unpaired) electrons. The molecule has 0 unspecified atom stereocenters. The second-order valence-corrected chi connectivity index (χ2v) is 9.53. The van der Waals surface area contributed by atoms with E-state index >= 15 is 0 Å². The van der Waals surface area contributed by atoms with Crippen LogP contribution in [0.1, 0.15) is 18.4 Å². The van der Waals surface area contributed by atoms with E-state index in [1.165, 1.54) is 22.3 Å². The summed E-state index contributed by atoms with van der Waals surface area (Å²) in [6.07, 6.45) is 3.14. The lowest BCUT2D eigenvalue weighted by Gasteiger charge is -2.15. The number of aromatic nitrogens is 1. The molecule has 3 rings (SSSR count). The van der Waals surface area contributed by atoms with Crippen LogP contribution in [0.4, 0.5) is 5.69 Å². The molecule has 0 aliphatic carbocycles. The number of carbonyl (C=O) groups is 1. The van der Waals surface area contributed by atoms with Gasteiger partial charge in [0.05, 0.1) is 10.8 Å². The van der Waals surface area contributed by atoms with Gasteiger partial charge in [-0.25, -0.2) is 13.4 Å². The maximum Gasteiger partial charge on any atom is 0.244 e. The third-order valence-electron chi connectivity index (χ3n) is 4.30. The van der Waals surface area contributed by atoms with E-state index in [1.807, 2.05) is 6.92 Å². The van der Waals surface area contributed by atoms with Gasteiger partial charge in [-0.05, 0) is 49.6 Å². The zero-order valence-electron chi connectivity index (χ0n) is 14.8. The molecular formula is C18H20ClN3O3S2. The van der Waals surface area contributed by atoms with Crippen molar-refractivity contribution in [2.75, 3.05) is 24.2 Å². The third kappa shape index (κ3) is 4.82. The highest BCUT2D eigenvalue weighted by molar-refractivity contribution is 7.99. The minimum Gasteiger partial charge on any atom is -0.325 e. The van der Waals surface area contributed by atoms with Gasteiger partial charge in [-0.1, -0.05) is 29.4 Å². The third-order valence-corrected chi connectivity index (χ3v) is 7.54. The Morgan fingerprint density at radius 2 is 2.00 bits per heavy atom. The Hall–Kier alpha value is -1.61. The Labute approximate surface area is 168 Å². The summed E-state index contributed by atoms with van der Waals surface area (Å²) in [5.41, 5.74) is 1.49. The van der Waals surface area contributed by atoms with E-state index in [2.05, 4.69) is 10.3 Å². The molecular weight excluding hydrogens is 406 g/mol. The molecule has 0 spiro atoms. The summed E-state index contributed by atoms with van der Waals surface area (Å²) < 4.78 is 26.4. The first-order valence-electron chi connectivity index (χ1n) is 8.52. The number of carbonyl (C=O) groups excluding carboxylic acids is 1. The topological polar surface area (TPSA) is 79.4 Å². The standard InChI is InChI=1S/C18H20ClN3O3S2/c1-13-15(19)5-4-6-16(13)21-17(23)12-26-18-8-7-14(11-20-18)27(24,25)22-9-2-3-10-22/h4-8,11H,2-3,9-10,12H2,1H3,(H,21,23). The zero-order valence-corrected chi connectivity index (χ0v) is 17.2. The highest BCUT2D eigenvalue weighted by Crippen LogP contribution is 2.25. The van der Waals surface area contributed by atoms with E-state index in [9.17, 15) is 13.2 Å². The SMILES string of the molecule is Cc1c(Cl)cccc1NC(=O)CSc1ccc(S(=O)(=O)N2CCCC2)cn1. The lowest BCUT2D eigenvalue weighted by molar-refractivity contribution is -0.113. The summed E-state index contributed by atoms with van der Waals surface area (Å²) in [6, 6.07) is 8.51. The smallest absolute Gasteiger partial charge is 0.244 e. The maximum atomic E-state index is 12.5. The van der Waals surface area contributed by atoms with Crippen molar-refractivity contribution in [2.45, 2.75) is 29.7 Å². The number of thioether (sulfide) groups is 1. The summed E-state index contributed by atoms with van der Waals surface area (Å²) in [6.45, 7) is 2.95. The van der Waals surface area contributed by atoms with Gasteiger partial charge in [0.2, 0.25) is 15.9 Å². The first-order valence-corrected chi connectivity index (χ1v) is 11.3. The average Bonchev–Trinajstić information content (AvgIpc) is 3.20. The normalized spacial score (nSPS) is 15.0. The van der Waals surface area contributed by atoms with Gasteiger partial charge in [-0.2, -0.15) is 4.31 Å². The molecule has 1 aromatic heterocycles. The van der Waals surface area contributed by atoms with E-state index in [1.54, 1.807) is 30.3 Å². The van der Waals surface area contributed by atoms with Crippen molar-refractivity contribution in [1.82, 2.24) is 9.29 Å². The molecule has 1 aromatic carbocycles. The Kier molecular flexibility index (Phi) is 6.41. The lowest BCUT2D eigenvalue weighted by atomic mass is 10.2. The van der Waals surface area contributed by atoms with E-state index in [0.29, 0.717) is 28.8 Å². The molecule has 1 amide bonds. The molecule has 1 N–H and O–H groups in total. The molecule has 144 valence electrons. The number of hydrogen-bond donors (Lipinski definition) is 1. The van der Waals surface area contributed by atoms with Gasteiger partial charge < -0.3 is 5.32 Å². The maximum absolute atomic E-state index is 12.5. The highest BCUT2D eigenvalue weighted by atomic mass is 35.5. The number of anilines is 1. The number of amides is 1. The minimum atomic E-state index is -3.47. The van der Waals surface area contributed by atoms with Crippen LogP contribution >= 0.6 is 23.4 Å². The fourth-order valence-corrected chi connectivity index (χ4v) is 5.03. The van der Waals surface area contributed by atoms with Crippen LogP contribution < -0.4 is 5.32 Å². The summed E-state index contributed by atoms with van der Waals surface area (Å²) in [7, 11) is -3.47. The fourth-order valence-electron chi connectivity index (χ4n) is 2.75. The first-order chi connectivity index (χ1) is 12.9.